The van der Waals surface area contributed by atoms with E-state index in [2.05, 4.69) is 51.2 Å². The second kappa shape index (κ2) is 9.62. The smallest absolute Gasteiger partial charge is 0.229 e. The molecule has 1 atom stereocenters. The number of nitrogens with zero attached hydrogens (tertiary/aromatic N) is 3. The van der Waals surface area contributed by atoms with Crippen molar-refractivity contribution in [3.8, 4) is 5.75 Å². The highest BCUT2D eigenvalue weighted by Crippen LogP contribution is 2.41. The predicted octanol–water partition coefficient (Wildman–Crippen LogP) is 4.46. The fourth-order valence-electron chi connectivity index (χ4n) is 5.83. The van der Waals surface area contributed by atoms with Crippen LogP contribution in [0.3, 0.4) is 0 Å². The monoisotopic (exact) mass is 433 g/mol. The van der Waals surface area contributed by atoms with E-state index in [0.717, 1.165) is 89.0 Å². The first-order valence-electron chi connectivity index (χ1n) is 12.4. The molecular weight excluding hydrogens is 398 g/mol. The van der Waals surface area contributed by atoms with Crippen LogP contribution >= 0.6 is 0 Å². The van der Waals surface area contributed by atoms with E-state index in [4.69, 9.17) is 4.74 Å². The van der Waals surface area contributed by atoms with Gasteiger partial charge in [-0.2, -0.15) is 0 Å². The molecule has 5 nitrogen and oxygen atoms in total. The van der Waals surface area contributed by atoms with Crippen LogP contribution < -0.4 is 4.74 Å². The minimum Gasteiger partial charge on any atom is -0.491 e. The summed E-state index contributed by atoms with van der Waals surface area (Å²) in [7, 11) is 0. The molecule has 0 aliphatic carbocycles. The van der Waals surface area contributed by atoms with E-state index in [1.165, 1.54) is 5.56 Å². The lowest BCUT2D eigenvalue weighted by Crippen LogP contribution is -2.52. The summed E-state index contributed by atoms with van der Waals surface area (Å²) in [5.41, 5.74) is 2.22. The molecule has 170 valence electrons. The summed E-state index contributed by atoms with van der Waals surface area (Å²) in [6.07, 6.45) is 10.2. The minimum absolute atomic E-state index is 0.206. The molecule has 0 unspecified atom stereocenters. The van der Waals surface area contributed by atoms with Crippen LogP contribution in [0.25, 0.3) is 0 Å². The first-order valence-corrected chi connectivity index (χ1v) is 12.4. The molecule has 2 fully saturated rings. The summed E-state index contributed by atoms with van der Waals surface area (Å²) >= 11 is 0. The standard InChI is InChI=1S/C27H35N3O2/c31-26-27(14-18-29(19-15-27)20-23-10-4-6-16-28-23)13-5-3-9-22-8-1-2-12-25(22)32-21-24-11-7-17-30(24)26/h1-2,4,6,8,10,12,16,24H,3,5,7,9,11,13-15,17-21H2/t24-/m1/s1. The van der Waals surface area contributed by atoms with Crippen molar-refractivity contribution in [2.24, 2.45) is 5.41 Å². The van der Waals surface area contributed by atoms with Gasteiger partial charge in [-0.3, -0.25) is 14.7 Å². The number of aromatic nitrogens is 1. The minimum atomic E-state index is -0.206. The number of benzene rings is 1. The number of carbonyl (C=O) groups is 1. The zero-order valence-corrected chi connectivity index (χ0v) is 19.0. The second-order valence-electron chi connectivity index (χ2n) is 9.80. The Labute approximate surface area is 191 Å². The van der Waals surface area contributed by atoms with Gasteiger partial charge in [0, 0.05) is 19.3 Å². The normalized spacial score (nSPS) is 24.2. The van der Waals surface area contributed by atoms with Crippen LogP contribution in [0, 0.1) is 5.41 Å². The zero-order chi connectivity index (χ0) is 21.8. The van der Waals surface area contributed by atoms with Crippen LogP contribution in [0.2, 0.25) is 0 Å². The van der Waals surface area contributed by atoms with Crippen molar-refractivity contribution in [1.29, 1.82) is 0 Å². The first-order chi connectivity index (χ1) is 15.7. The molecule has 1 spiro atoms. The average Bonchev–Trinajstić information content (AvgIpc) is 3.30. The number of piperidine rings is 1. The van der Waals surface area contributed by atoms with E-state index < -0.39 is 0 Å². The van der Waals surface area contributed by atoms with E-state index in [9.17, 15) is 4.79 Å². The molecule has 0 bridgehead atoms. The summed E-state index contributed by atoms with van der Waals surface area (Å²) in [6, 6.07) is 14.8. The van der Waals surface area contributed by atoms with Crippen LogP contribution in [0.1, 0.15) is 56.2 Å². The lowest BCUT2D eigenvalue weighted by atomic mass is 9.73. The highest BCUT2D eigenvalue weighted by Gasteiger charge is 2.45. The quantitative estimate of drug-likeness (QED) is 0.702. The maximum atomic E-state index is 14.0. The number of aryl methyl sites for hydroxylation is 1. The third kappa shape index (κ3) is 4.54. The number of amides is 1. The number of carbonyl (C=O) groups excluding carboxylic acids is 1. The van der Waals surface area contributed by atoms with Gasteiger partial charge >= 0.3 is 0 Å². The summed E-state index contributed by atoms with van der Waals surface area (Å²) in [5.74, 6) is 1.40. The van der Waals surface area contributed by atoms with Crippen LogP contribution in [0.4, 0.5) is 0 Å². The molecule has 4 heterocycles. The van der Waals surface area contributed by atoms with Gasteiger partial charge < -0.3 is 9.64 Å². The van der Waals surface area contributed by atoms with Gasteiger partial charge in [0.05, 0.1) is 17.2 Å². The molecule has 32 heavy (non-hydrogen) atoms. The Morgan fingerprint density at radius 2 is 1.81 bits per heavy atom. The van der Waals surface area contributed by atoms with Crippen molar-refractivity contribution in [1.82, 2.24) is 14.8 Å². The maximum absolute atomic E-state index is 14.0. The van der Waals surface area contributed by atoms with Crippen molar-refractivity contribution in [2.45, 2.75) is 64.0 Å². The summed E-state index contributed by atoms with van der Waals surface area (Å²) in [5, 5.41) is 0. The highest BCUT2D eigenvalue weighted by atomic mass is 16.5. The molecule has 1 aromatic carbocycles. The molecule has 3 aliphatic heterocycles. The van der Waals surface area contributed by atoms with E-state index in [1.807, 2.05) is 12.3 Å². The number of rotatable bonds is 2. The van der Waals surface area contributed by atoms with Gasteiger partial charge in [-0.05, 0) is 81.8 Å². The van der Waals surface area contributed by atoms with Gasteiger partial charge in [-0.15, -0.1) is 0 Å². The zero-order valence-electron chi connectivity index (χ0n) is 19.0. The predicted molar refractivity (Wildman–Crippen MR) is 125 cm³/mol. The summed E-state index contributed by atoms with van der Waals surface area (Å²) in [6.45, 7) is 4.32. The molecule has 2 saturated heterocycles. The fourth-order valence-corrected chi connectivity index (χ4v) is 5.83. The van der Waals surface area contributed by atoms with Gasteiger partial charge in [0.15, 0.2) is 0 Å². The molecule has 0 radical (unpaired) electrons. The number of likely N-dealkylation sites (tertiary alicyclic amines) is 1. The number of hydrogen-bond acceptors (Lipinski definition) is 4. The van der Waals surface area contributed by atoms with Gasteiger partial charge in [-0.25, -0.2) is 0 Å². The molecule has 1 amide bonds. The molecule has 2 aromatic rings. The largest absolute Gasteiger partial charge is 0.491 e. The van der Waals surface area contributed by atoms with E-state index in [0.29, 0.717) is 12.5 Å². The number of ether oxygens (including phenoxy) is 1. The van der Waals surface area contributed by atoms with Crippen molar-refractivity contribution >= 4 is 5.91 Å². The Balaban J connectivity index is 1.32. The third-order valence-electron chi connectivity index (χ3n) is 7.77. The van der Waals surface area contributed by atoms with Gasteiger partial charge in [0.2, 0.25) is 5.91 Å². The van der Waals surface area contributed by atoms with Crippen LogP contribution in [-0.4, -0.2) is 53.0 Å². The molecular formula is C27H35N3O2. The molecule has 0 saturated carbocycles. The summed E-state index contributed by atoms with van der Waals surface area (Å²) in [4.78, 5) is 23.1. The van der Waals surface area contributed by atoms with Crippen molar-refractivity contribution < 1.29 is 9.53 Å². The third-order valence-corrected chi connectivity index (χ3v) is 7.77. The average molecular weight is 434 g/mol. The number of para-hydroxylation sites is 1. The van der Waals surface area contributed by atoms with Crippen LogP contribution in [-0.2, 0) is 17.8 Å². The topological polar surface area (TPSA) is 45.7 Å². The molecule has 0 N–H and O–H groups in total. The molecule has 5 rings (SSSR count). The Kier molecular flexibility index (Phi) is 6.44. The number of pyridine rings is 1. The van der Waals surface area contributed by atoms with E-state index >= 15 is 0 Å². The van der Waals surface area contributed by atoms with Gasteiger partial charge in [0.1, 0.15) is 12.4 Å². The van der Waals surface area contributed by atoms with Crippen molar-refractivity contribution in [3.05, 3.63) is 59.9 Å². The Bertz CT molecular complexity index is 908. The second-order valence-corrected chi connectivity index (χ2v) is 9.80. The van der Waals surface area contributed by atoms with Crippen molar-refractivity contribution in [2.75, 3.05) is 26.2 Å². The summed E-state index contributed by atoms with van der Waals surface area (Å²) < 4.78 is 6.27. The van der Waals surface area contributed by atoms with Crippen LogP contribution in [0.5, 0.6) is 5.75 Å². The fraction of sp³-hybridized carbons (Fsp3) is 0.556. The first kappa shape index (κ1) is 21.4. The highest BCUT2D eigenvalue weighted by molar-refractivity contribution is 5.83. The number of hydrogen-bond donors (Lipinski definition) is 0. The Morgan fingerprint density at radius 3 is 2.66 bits per heavy atom. The number of fused-ring (bicyclic) bond motifs is 2. The lowest BCUT2D eigenvalue weighted by molar-refractivity contribution is -0.147. The SMILES string of the molecule is O=C1N2CCC[C@@H]2COc2ccccc2CCCCC12CCN(Cc1ccccn1)CC2. The Morgan fingerprint density at radius 1 is 0.969 bits per heavy atom. The van der Waals surface area contributed by atoms with Gasteiger partial charge in [0.25, 0.3) is 0 Å². The maximum Gasteiger partial charge on any atom is 0.229 e. The lowest BCUT2D eigenvalue weighted by Gasteiger charge is -2.44. The van der Waals surface area contributed by atoms with E-state index in [1.54, 1.807) is 0 Å². The van der Waals surface area contributed by atoms with Crippen molar-refractivity contribution in [3.63, 3.8) is 0 Å². The molecule has 5 heteroatoms. The Hall–Kier alpha value is -2.40. The van der Waals surface area contributed by atoms with Gasteiger partial charge in [-0.1, -0.05) is 30.7 Å². The van der Waals surface area contributed by atoms with Crippen LogP contribution in [0.15, 0.2) is 48.7 Å². The molecule has 1 aromatic heterocycles. The molecule has 3 aliphatic rings. The van der Waals surface area contributed by atoms with E-state index in [-0.39, 0.29) is 11.5 Å².